The van der Waals surface area contributed by atoms with Gasteiger partial charge in [0.25, 0.3) is 0 Å². The average Bonchev–Trinajstić information content (AvgIpc) is 2.23. The molecule has 0 N–H and O–H groups in total. The van der Waals surface area contributed by atoms with Crippen molar-refractivity contribution in [3.63, 3.8) is 0 Å². The lowest BCUT2D eigenvalue weighted by molar-refractivity contribution is 1.36. The van der Waals surface area contributed by atoms with Crippen molar-refractivity contribution in [2.75, 3.05) is 0 Å². The quantitative estimate of drug-likeness (QED) is 0.623. The molecule has 2 rings (SSSR count). The predicted octanol–water partition coefficient (Wildman–Crippen LogP) is 4.10. The number of fused-ring (bicyclic) bond motifs is 1. The molecule has 0 spiro atoms. The Hall–Kier alpha value is -1.56. The zero-order chi connectivity index (χ0) is 10.1. The summed E-state index contributed by atoms with van der Waals surface area (Å²) < 4.78 is 0. The van der Waals surface area contributed by atoms with Gasteiger partial charge in [-0.3, -0.25) is 0 Å². The molecule has 0 heterocycles. The summed E-state index contributed by atoms with van der Waals surface area (Å²) in [4.78, 5) is 0. The lowest BCUT2D eigenvalue weighted by atomic mass is 9.96. The summed E-state index contributed by atoms with van der Waals surface area (Å²) in [7, 11) is 0. The van der Waals surface area contributed by atoms with Crippen molar-refractivity contribution in [3.05, 3.63) is 53.6 Å². The van der Waals surface area contributed by atoms with Crippen molar-refractivity contribution in [2.24, 2.45) is 0 Å². The highest BCUT2D eigenvalue weighted by Crippen LogP contribution is 2.25. The van der Waals surface area contributed by atoms with Crippen molar-refractivity contribution in [3.8, 4) is 0 Å². The predicted molar refractivity (Wildman–Crippen MR) is 63.5 cm³/mol. The standard InChI is InChI=1S/C14H14/c1-4-12-9-13-7-5-6-8-14(13)11(3)10(12)2/h4-9H,1H2,2-3H3. The van der Waals surface area contributed by atoms with Crippen LogP contribution in [0, 0.1) is 13.8 Å². The maximum Gasteiger partial charge on any atom is -0.0152 e. The van der Waals surface area contributed by atoms with Crippen LogP contribution in [-0.4, -0.2) is 0 Å². The Morgan fingerprint density at radius 1 is 1.07 bits per heavy atom. The summed E-state index contributed by atoms with van der Waals surface area (Å²) in [6, 6.07) is 10.7. The van der Waals surface area contributed by atoms with E-state index < -0.39 is 0 Å². The minimum Gasteiger partial charge on any atom is -0.0985 e. The zero-order valence-electron chi connectivity index (χ0n) is 8.67. The van der Waals surface area contributed by atoms with Crippen molar-refractivity contribution in [1.29, 1.82) is 0 Å². The molecule has 14 heavy (non-hydrogen) atoms. The first-order valence-electron chi connectivity index (χ1n) is 4.85. The summed E-state index contributed by atoms with van der Waals surface area (Å²) in [5.74, 6) is 0. The van der Waals surface area contributed by atoms with Gasteiger partial charge in [0.1, 0.15) is 0 Å². The van der Waals surface area contributed by atoms with Crippen LogP contribution in [-0.2, 0) is 0 Å². The third-order valence-corrected chi connectivity index (χ3v) is 2.89. The van der Waals surface area contributed by atoms with E-state index in [1.807, 2.05) is 6.08 Å². The van der Waals surface area contributed by atoms with Gasteiger partial charge >= 0.3 is 0 Å². The van der Waals surface area contributed by atoms with E-state index in [-0.39, 0.29) is 0 Å². The van der Waals surface area contributed by atoms with E-state index in [1.165, 1.54) is 27.5 Å². The molecule has 0 heteroatoms. The Balaban J connectivity index is 2.91. The third-order valence-electron chi connectivity index (χ3n) is 2.89. The summed E-state index contributed by atoms with van der Waals surface area (Å²) in [5.41, 5.74) is 3.93. The summed E-state index contributed by atoms with van der Waals surface area (Å²) in [5, 5.41) is 2.64. The topological polar surface area (TPSA) is 0 Å². The molecule has 2 aromatic rings. The first-order valence-corrected chi connectivity index (χ1v) is 4.85. The fraction of sp³-hybridized carbons (Fsp3) is 0.143. The summed E-state index contributed by atoms with van der Waals surface area (Å²) in [6.45, 7) is 8.16. The van der Waals surface area contributed by atoms with E-state index in [2.05, 4.69) is 50.8 Å². The van der Waals surface area contributed by atoms with Crippen molar-refractivity contribution >= 4 is 16.8 Å². The smallest absolute Gasteiger partial charge is 0.0152 e. The maximum atomic E-state index is 3.84. The maximum absolute atomic E-state index is 3.84. The first kappa shape index (κ1) is 9.01. The first-order chi connectivity index (χ1) is 6.74. The molecule has 0 radical (unpaired) electrons. The molecule has 0 unspecified atom stereocenters. The van der Waals surface area contributed by atoms with E-state index in [0.29, 0.717) is 0 Å². The van der Waals surface area contributed by atoms with E-state index in [1.54, 1.807) is 0 Å². The molecule has 0 aromatic heterocycles. The Labute approximate surface area is 84.9 Å². The third kappa shape index (κ3) is 1.24. The molecule has 0 saturated carbocycles. The van der Waals surface area contributed by atoms with Crippen molar-refractivity contribution in [2.45, 2.75) is 13.8 Å². The monoisotopic (exact) mass is 182 g/mol. The van der Waals surface area contributed by atoms with Crippen LogP contribution < -0.4 is 0 Å². The number of hydrogen-bond donors (Lipinski definition) is 0. The van der Waals surface area contributed by atoms with E-state index in [9.17, 15) is 0 Å². The van der Waals surface area contributed by atoms with E-state index in [0.717, 1.165) is 0 Å². The van der Waals surface area contributed by atoms with Gasteiger partial charge in [0.05, 0.1) is 0 Å². The molecule has 0 aliphatic carbocycles. The minimum atomic E-state index is 1.24. The highest BCUT2D eigenvalue weighted by Gasteiger charge is 2.03. The highest BCUT2D eigenvalue weighted by atomic mass is 14.1. The highest BCUT2D eigenvalue weighted by molar-refractivity contribution is 5.89. The van der Waals surface area contributed by atoms with Gasteiger partial charge in [0, 0.05) is 0 Å². The zero-order valence-corrected chi connectivity index (χ0v) is 8.67. The number of aryl methyl sites for hydroxylation is 1. The molecule has 0 nitrogen and oxygen atoms in total. The second kappa shape index (κ2) is 3.30. The molecule has 2 aromatic carbocycles. The molecular formula is C14H14. The molecule has 0 amide bonds. The summed E-state index contributed by atoms with van der Waals surface area (Å²) >= 11 is 0. The van der Waals surface area contributed by atoms with Gasteiger partial charge in [0.15, 0.2) is 0 Å². The van der Waals surface area contributed by atoms with Crippen LogP contribution in [0.15, 0.2) is 36.9 Å². The van der Waals surface area contributed by atoms with Gasteiger partial charge in [-0.15, -0.1) is 0 Å². The van der Waals surface area contributed by atoms with Gasteiger partial charge < -0.3 is 0 Å². The lowest BCUT2D eigenvalue weighted by Gasteiger charge is -2.09. The van der Waals surface area contributed by atoms with Crippen LogP contribution in [0.25, 0.3) is 16.8 Å². The Bertz CT molecular complexity index is 493. The van der Waals surface area contributed by atoms with Gasteiger partial charge in [-0.25, -0.2) is 0 Å². The second-order valence-corrected chi connectivity index (χ2v) is 3.64. The minimum absolute atomic E-state index is 1.24. The van der Waals surface area contributed by atoms with E-state index >= 15 is 0 Å². The molecule has 0 aliphatic heterocycles. The van der Waals surface area contributed by atoms with Gasteiger partial charge in [0.2, 0.25) is 0 Å². The molecule has 0 saturated heterocycles. The normalized spacial score (nSPS) is 10.4. The second-order valence-electron chi connectivity index (χ2n) is 3.64. The molecule has 70 valence electrons. The van der Waals surface area contributed by atoms with Crippen LogP contribution in [0.4, 0.5) is 0 Å². The van der Waals surface area contributed by atoms with Crippen LogP contribution in [0.2, 0.25) is 0 Å². The molecule has 0 aliphatic rings. The lowest BCUT2D eigenvalue weighted by Crippen LogP contribution is -1.88. The van der Waals surface area contributed by atoms with Crippen LogP contribution in [0.3, 0.4) is 0 Å². The fourth-order valence-corrected chi connectivity index (χ4v) is 1.87. The van der Waals surface area contributed by atoms with Gasteiger partial charge in [-0.2, -0.15) is 0 Å². The van der Waals surface area contributed by atoms with Crippen LogP contribution in [0.5, 0.6) is 0 Å². The van der Waals surface area contributed by atoms with Crippen molar-refractivity contribution < 1.29 is 0 Å². The largest absolute Gasteiger partial charge is 0.0985 e. The van der Waals surface area contributed by atoms with Gasteiger partial charge in [-0.1, -0.05) is 36.9 Å². The Kier molecular flexibility index (Phi) is 2.12. The summed E-state index contributed by atoms with van der Waals surface area (Å²) in [6.07, 6.45) is 1.93. The number of hydrogen-bond acceptors (Lipinski definition) is 0. The fourth-order valence-electron chi connectivity index (χ4n) is 1.87. The van der Waals surface area contributed by atoms with Gasteiger partial charge in [-0.05, 0) is 47.4 Å². The Morgan fingerprint density at radius 2 is 1.79 bits per heavy atom. The van der Waals surface area contributed by atoms with Crippen LogP contribution >= 0.6 is 0 Å². The van der Waals surface area contributed by atoms with Crippen molar-refractivity contribution in [1.82, 2.24) is 0 Å². The number of benzene rings is 2. The Morgan fingerprint density at radius 3 is 2.50 bits per heavy atom. The SMILES string of the molecule is C=Cc1cc2ccccc2c(C)c1C. The molecule has 0 bridgehead atoms. The molecule has 0 atom stereocenters. The average molecular weight is 182 g/mol. The molecule has 0 fully saturated rings. The number of rotatable bonds is 1. The molecular weight excluding hydrogens is 168 g/mol. The van der Waals surface area contributed by atoms with Crippen LogP contribution in [0.1, 0.15) is 16.7 Å². The van der Waals surface area contributed by atoms with E-state index in [4.69, 9.17) is 0 Å².